The third-order valence-electron chi connectivity index (χ3n) is 0.954. The average molecular weight is 177 g/mol. The Bertz CT molecular complexity index is 47.1. The van der Waals surface area contributed by atoms with Crippen molar-refractivity contribution in [1.29, 1.82) is 0 Å². The maximum absolute atomic E-state index is 4.87. The lowest BCUT2D eigenvalue weighted by Crippen LogP contribution is -2.14. The molecule has 0 aromatic rings. The number of hydrogen-bond donors (Lipinski definition) is 0. The van der Waals surface area contributed by atoms with Gasteiger partial charge in [0.1, 0.15) is 0 Å². The second kappa shape index (κ2) is 22.4. The molecule has 0 rings (SSSR count). The second-order valence-corrected chi connectivity index (χ2v) is 2.15. The van der Waals surface area contributed by atoms with Crippen molar-refractivity contribution in [1.82, 2.24) is 4.90 Å². The minimum atomic E-state index is 0.873. The smallest absolute Gasteiger partial charge is 0.0474 e. The van der Waals surface area contributed by atoms with E-state index in [0.29, 0.717) is 0 Å². The molecule has 0 unspecified atom stereocenters. The largest absolute Gasteiger partial charge is 0.385 e. The summed E-state index contributed by atoms with van der Waals surface area (Å²) in [4.78, 5) is 2.15. The summed E-state index contributed by atoms with van der Waals surface area (Å²) in [6, 6.07) is 0. The van der Waals surface area contributed by atoms with Crippen LogP contribution in [0.3, 0.4) is 0 Å². The van der Waals surface area contributed by atoms with Gasteiger partial charge in [0.15, 0.2) is 0 Å². The fourth-order valence-corrected chi connectivity index (χ4v) is 0.525. The maximum Gasteiger partial charge on any atom is 0.0474 e. The lowest BCUT2D eigenvalue weighted by atomic mass is 10.4. The third kappa shape index (κ3) is 32.6. The molecule has 0 radical (unpaired) electrons. The Kier molecular flexibility index (Phi) is 33.4. The zero-order valence-electron chi connectivity index (χ0n) is 9.98. The van der Waals surface area contributed by atoms with Crippen molar-refractivity contribution in [2.75, 3.05) is 34.4 Å². The van der Waals surface area contributed by atoms with E-state index in [9.17, 15) is 0 Å². The molecule has 0 aliphatic heterocycles. The van der Waals surface area contributed by atoms with Crippen molar-refractivity contribution in [2.45, 2.75) is 34.1 Å². The van der Waals surface area contributed by atoms with Gasteiger partial charge in [0.25, 0.3) is 0 Å². The molecule has 0 spiro atoms. The molecule has 2 nitrogen and oxygen atoms in total. The highest BCUT2D eigenvalue weighted by Gasteiger charge is 1.86. The standard InChI is InChI=1S/C6H15NO.2C2H6/c1-7(2)5-4-6-8-3;2*1-2/h4-6H2,1-3H3;2*1-2H3. The molecule has 0 aliphatic carbocycles. The van der Waals surface area contributed by atoms with Crippen LogP contribution in [0.4, 0.5) is 0 Å². The van der Waals surface area contributed by atoms with E-state index >= 15 is 0 Å². The van der Waals surface area contributed by atoms with Gasteiger partial charge >= 0.3 is 0 Å². The van der Waals surface area contributed by atoms with Gasteiger partial charge in [-0.25, -0.2) is 0 Å². The van der Waals surface area contributed by atoms with Gasteiger partial charge in [0.2, 0.25) is 0 Å². The molecule has 0 atom stereocenters. The van der Waals surface area contributed by atoms with Crippen molar-refractivity contribution in [3.8, 4) is 0 Å². The molecule has 0 aliphatic rings. The normalized spacial score (nSPS) is 8.00. The third-order valence-corrected chi connectivity index (χ3v) is 0.954. The first kappa shape index (κ1) is 17.9. The minimum absolute atomic E-state index is 0.873. The Morgan fingerprint density at radius 1 is 1.00 bits per heavy atom. The first-order valence-electron chi connectivity index (χ1n) is 4.91. The lowest BCUT2D eigenvalue weighted by molar-refractivity contribution is 0.184. The van der Waals surface area contributed by atoms with Crippen LogP contribution in [-0.4, -0.2) is 39.3 Å². The van der Waals surface area contributed by atoms with Crippen LogP contribution in [0, 0.1) is 0 Å². The predicted molar refractivity (Wildman–Crippen MR) is 57.7 cm³/mol. The predicted octanol–water partition coefficient (Wildman–Crippen LogP) is 2.64. The fourth-order valence-electron chi connectivity index (χ4n) is 0.525. The van der Waals surface area contributed by atoms with Crippen LogP contribution in [-0.2, 0) is 4.74 Å². The highest BCUT2D eigenvalue weighted by molar-refractivity contribution is 4.40. The molecule has 0 aromatic carbocycles. The van der Waals surface area contributed by atoms with E-state index in [1.165, 1.54) is 0 Å². The van der Waals surface area contributed by atoms with Crippen LogP contribution >= 0.6 is 0 Å². The van der Waals surface area contributed by atoms with Gasteiger partial charge in [-0.15, -0.1) is 0 Å². The van der Waals surface area contributed by atoms with E-state index in [1.807, 2.05) is 27.7 Å². The lowest BCUT2D eigenvalue weighted by Gasteiger charge is -2.07. The minimum Gasteiger partial charge on any atom is -0.385 e. The molecule has 0 saturated heterocycles. The van der Waals surface area contributed by atoms with Crippen LogP contribution in [0.5, 0.6) is 0 Å². The Hall–Kier alpha value is -0.0800. The van der Waals surface area contributed by atoms with Gasteiger partial charge in [-0.05, 0) is 27.1 Å². The first-order valence-corrected chi connectivity index (χ1v) is 4.91. The van der Waals surface area contributed by atoms with E-state index in [0.717, 1.165) is 19.6 Å². The van der Waals surface area contributed by atoms with Gasteiger partial charge in [-0.3, -0.25) is 0 Å². The van der Waals surface area contributed by atoms with Crippen molar-refractivity contribution in [3.63, 3.8) is 0 Å². The number of rotatable bonds is 4. The van der Waals surface area contributed by atoms with Crippen molar-refractivity contribution < 1.29 is 4.74 Å². The molecule has 0 bridgehead atoms. The molecular formula is C10H27NO. The maximum atomic E-state index is 4.87. The highest BCUT2D eigenvalue weighted by Crippen LogP contribution is 1.81. The number of hydrogen-bond acceptors (Lipinski definition) is 2. The van der Waals surface area contributed by atoms with Crippen LogP contribution in [0.2, 0.25) is 0 Å². The van der Waals surface area contributed by atoms with E-state index in [1.54, 1.807) is 7.11 Å². The van der Waals surface area contributed by atoms with E-state index in [-0.39, 0.29) is 0 Å². The second-order valence-electron chi connectivity index (χ2n) is 2.15. The van der Waals surface area contributed by atoms with Gasteiger partial charge in [0, 0.05) is 13.7 Å². The Labute approximate surface area is 78.9 Å². The molecule has 2 heteroatoms. The Morgan fingerprint density at radius 3 is 1.67 bits per heavy atom. The van der Waals surface area contributed by atoms with Gasteiger partial charge in [-0.2, -0.15) is 0 Å². The number of nitrogens with zero attached hydrogens (tertiary/aromatic N) is 1. The number of ether oxygens (including phenoxy) is 1. The molecule has 0 saturated carbocycles. The molecule has 0 fully saturated rings. The molecule has 0 N–H and O–H groups in total. The summed E-state index contributed by atoms with van der Waals surface area (Å²) in [6.45, 7) is 9.99. The summed E-state index contributed by atoms with van der Waals surface area (Å²) in [5.74, 6) is 0. The quantitative estimate of drug-likeness (QED) is 0.612. The van der Waals surface area contributed by atoms with E-state index in [4.69, 9.17) is 4.74 Å². The summed E-state index contributed by atoms with van der Waals surface area (Å²) in [7, 11) is 5.86. The zero-order chi connectivity index (χ0) is 10.4. The van der Waals surface area contributed by atoms with E-state index in [2.05, 4.69) is 19.0 Å². The monoisotopic (exact) mass is 177 g/mol. The average Bonchev–Trinajstić information content (AvgIpc) is 2.12. The van der Waals surface area contributed by atoms with Crippen LogP contribution in [0.15, 0.2) is 0 Å². The first-order chi connectivity index (χ1) is 5.77. The Morgan fingerprint density at radius 2 is 1.42 bits per heavy atom. The summed E-state index contributed by atoms with van der Waals surface area (Å²) in [6.07, 6.45) is 1.13. The molecule has 0 heterocycles. The van der Waals surface area contributed by atoms with Crippen LogP contribution in [0.25, 0.3) is 0 Å². The van der Waals surface area contributed by atoms with Crippen molar-refractivity contribution >= 4 is 0 Å². The van der Waals surface area contributed by atoms with Gasteiger partial charge in [0.05, 0.1) is 0 Å². The van der Waals surface area contributed by atoms with Crippen molar-refractivity contribution in [3.05, 3.63) is 0 Å². The Balaban J connectivity index is -0.000000175. The van der Waals surface area contributed by atoms with E-state index < -0.39 is 0 Å². The van der Waals surface area contributed by atoms with Gasteiger partial charge < -0.3 is 9.64 Å². The molecular weight excluding hydrogens is 150 g/mol. The summed E-state index contributed by atoms with van der Waals surface area (Å²) < 4.78 is 4.87. The fraction of sp³-hybridized carbons (Fsp3) is 1.00. The van der Waals surface area contributed by atoms with Gasteiger partial charge in [-0.1, -0.05) is 27.7 Å². The van der Waals surface area contributed by atoms with Crippen molar-refractivity contribution in [2.24, 2.45) is 0 Å². The summed E-state index contributed by atoms with van der Waals surface area (Å²) in [5, 5.41) is 0. The van der Waals surface area contributed by atoms with Crippen LogP contribution in [0.1, 0.15) is 34.1 Å². The highest BCUT2D eigenvalue weighted by atomic mass is 16.5. The topological polar surface area (TPSA) is 12.5 Å². The molecule has 12 heavy (non-hydrogen) atoms. The molecule has 78 valence electrons. The zero-order valence-corrected chi connectivity index (χ0v) is 9.98. The number of methoxy groups -OCH3 is 1. The SMILES string of the molecule is CC.CC.COCCCN(C)C. The van der Waals surface area contributed by atoms with Crippen LogP contribution < -0.4 is 0 Å². The summed E-state index contributed by atoms with van der Waals surface area (Å²) in [5.41, 5.74) is 0. The summed E-state index contributed by atoms with van der Waals surface area (Å²) >= 11 is 0. The molecule has 0 amide bonds. The molecule has 0 aromatic heterocycles.